The molecule has 1 amide bonds. The summed E-state index contributed by atoms with van der Waals surface area (Å²) < 4.78 is 46.3. The Balaban J connectivity index is 1.73. The van der Waals surface area contributed by atoms with Crippen LogP contribution in [0.15, 0.2) is 53.4 Å². The van der Waals surface area contributed by atoms with E-state index in [1.54, 1.807) is 0 Å². The molecule has 8 heteroatoms. The molecule has 1 atom stereocenters. The van der Waals surface area contributed by atoms with Gasteiger partial charge in [0.2, 0.25) is 0 Å². The first-order valence-electron chi connectivity index (χ1n) is 8.23. The molecule has 26 heavy (non-hydrogen) atoms. The van der Waals surface area contributed by atoms with Crippen LogP contribution >= 0.6 is 0 Å². The molecule has 6 nitrogen and oxygen atoms in total. The highest BCUT2D eigenvalue weighted by Gasteiger charge is 2.19. The maximum Gasteiger partial charge on any atom is 0.262 e. The predicted octanol–water partition coefficient (Wildman–Crippen LogP) is 2.54. The molecule has 0 aromatic heterocycles. The Morgan fingerprint density at radius 3 is 2.73 bits per heavy atom. The average Bonchev–Trinajstić information content (AvgIpc) is 3.15. The molecule has 0 bridgehead atoms. The lowest BCUT2D eigenvalue weighted by Gasteiger charge is -2.12. The third kappa shape index (κ3) is 4.39. The number of para-hydroxylation sites is 1. The lowest BCUT2D eigenvalue weighted by atomic mass is 10.2. The quantitative estimate of drug-likeness (QED) is 0.809. The van der Waals surface area contributed by atoms with Gasteiger partial charge < -0.3 is 10.1 Å². The Kier molecular flexibility index (Phi) is 5.53. The fraction of sp³-hybridized carbons (Fsp3) is 0.278. The fourth-order valence-corrected chi connectivity index (χ4v) is 3.78. The van der Waals surface area contributed by atoms with E-state index in [9.17, 15) is 17.6 Å². The predicted molar refractivity (Wildman–Crippen MR) is 95.0 cm³/mol. The van der Waals surface area contributed by atoms with Crippen molar-refractivity contribution >= 4 is 21.6 Å². The molecule has 3 rings (SSSR count). The molecule has 1 heterocycles. The van der Waals surface area contributed by atoms with E-state index < -0.39 is 15.8 Å². The van der Waals surface area contributed by atoms with Crippen molar-refractivity contribution in [1.82, 2.24) is 5.32 Å². The largest absolute Gasteiger partial charge is 0.376 e. The molecule has 0 saturated carbocycles. The summed E-state index contributed by atoms with van der Waals surface area (Å²) >= 11 is 0. The van der Waals surface area contributed by atoms with Crippen LogP contribution in [0.3, 0.4) is 0 Å². The van der Waals surface area contributed by atoms with Crippen LogP contribution in [-0.4, -0.2) is 33.6 Å². The summed E-state index contributed by atoms with van der Waals surface area (Å²) in [5.41, 5.74) is 0.0557. The molecule has 2 aromatic rings. The van der Waals surface area contributed by atoms with Crippen LogP contribution < -0.4 is 10.0 Å². The number of anilines is 1. The van der Waals surface area contributed by atoms with Gasteiger partial charge in [-0.2, -0.15) is 0 Å². The van der Waals surface area contributed by atoms with Crippen LogP contribution in [0.5, 0.6) is 0 Å². The maximum atomic E-state index is 13.7. The van der Waals surface area contributed by atoms with E-state index in [1.807, 2.05) is 0 Å². The van der Waals surface area contributed by atoms with Crippen LogP contribution in [0.1, 0.15) is 23.2 Å². The van der Waals surface area contributed by atoms with Crippen molar-refractivity contribution in [1.29, 1.82) is 0 Å². The molecule has 2 N–H and O–H groups in total. The van der Waals surface area contributed by atoms with Gasteiger partial charge in [0.05, 0.1) is 16.7 Å². The van der Waals surface area contributed by atoms with Gasteiger partial charge in [-0.15, -0.1) is 0 Å². The molecule has 0 aliphatic carbocycles. The molecule has 1 saturated heterocycles. The summed E-state index contributed by atoms with van der Waals surface area (Å²) in [7, 11) is -4.02. The third-order valence-corrected chi connectivity index (χ3v) is 5.40. The van der Waals surface area contributed by atoms with Crippen LogP contribution in [0.25, 0.3) is 0 Å². The second kappa shape index (κ2) is 7.84. The first kappa shape index (κ1) is 18.3. The lowest BCUT2D eigenvalue weighted by Crippen LogP contribution is -2.31. The van der Waals surface area contributed by atoms with Crippen LogP contribution in [0, 0.1) is 5.82 Å². The second-order valence-corrected chi connectivity index (χ2v) is 7.64. The minimum atomic E-state index is -4.02. The molecule has 0 unspecified atom stereocenters. The zero-order chi connectivity index (χ0) is 18.6. The Hall–Kier alpha value is -2.45. The maximum absolute atomic E-state index is 13.7. The van der Waals surface area contributed by atoms with E-state index in [2.05, 4.69) is 10.0 Å². The topological polar surface area (TPSA) is 84.5 Å². The summed E-state index contributed by atoms with van der Waals surface area (Å²) in [4.78, 5) is 12.1. The molecule has 1 fully saturated rings. The van der Waals surface area contributed by atoms with Gasteiger partial charge in [-0.3, -0.25) is 9.52 Å². The molecule has 138 valence electrons. The zero-order valence-electron chi connectivity index (χ0n) is 13.9. The molecular formula is C18H19FN2O4S. The van der Waals surface area contributed by atoms with Crippen molar-refractivity contribution in [3.63, 3.8) is 0 Å². The monoisotopic (exact) mass is 378 g/mol. The van der Waals surface area contributed by atoms with Gasteiger partial charge in [0, 0.05) is 18.7 Å². The number of amides is 1. The molecule has 2 aromatic carbocycles. The number of hydrogen-bond acceptors (Lipinski definition) is 4. The van der Waals surface area contributed by atoms with Gasteiger partial charge >= 0.3 is 0 Å². The summed E-state index contributed by atoms with van der Waals surface area (Å²) in [5.74, 6) is -1.06. The van der Waals surface area contributed by atoms with Crippen LogP contribution in [-0.2, 0) is 14.8 Å². The number of sulfonamides is 1. The van der Waals surface area contributed by atoms with Gasteiger partial charge in [-0.05, 0) is 43.2 Å². The van der Waals surface area contributed by atoms with Crippen molar-refractivity contribution in [3.05, 3.63) is 59.9 Å². The zero-order valence-corrected chi connectivity index (χ0v) is 14.8. The highest BCUT2D eigenvalue weighted by Crippen LogP contribution is 2.19. The standard InChI is InChI=1S/C18H19FN2O4S/c19-16-8-1-2-9-17(16)21-26(23,24)15-7-3-5-13(11-15)18(22)20-12-14-6-4-10-25-14/h1-3,5,7-9,11,14,21H,4,6,10,12H2,(H,20,22)/t14-/m1/s1. The molecule has 1 aliphatic heterocycles. The Labute approximate surface area is 151 Å². The summed E-state index contributed by atoms with van der Waals surface area (Å²) in [5, 5.41) is 2.74. The number of hydrogen-bond donors (Lipinski definition) is 2. The lowest BCUT2D eigenvalue weighted by molar-refractivity contribution is 0.0857. The number of carbonyl (C=O) groups excluding carboxylic acids is 1. The van der Waals surface area contributed by atoms with E-state index in [0.29, 0.717) is 13.2 Å². The minimum Gasteiger partial charge on any atom is -0.376 e. The highest BCUT2D eigenvalue weighted by atomic mass is 32.2. The SMILES string of the molecule is O=C(NC[C@H]1CCCO1)c1cccc(S(=O)(=O)Nc2ccccc2F)c1. The van der Waals surface area contributed by atoms with E-state index in [-0.39, 0.29) is 28.2 Å². The van der Waals surface area contributed by atoms with Crippen molar-refractivity contribution in [3.8, 4) is 0 Å². The number of ether oxygens (including phenoxy) is 1. The highest BCUT2D eigenvalue weighted by molar-refractivity contribution is 7.92. The number of halogens is 1. The number of nitrogens with one attached hydrogen (secondary N) is 2. The molecular weight excluding hydrogens is 359 g/mol. The van der Waals surface area contributed by atoms with Gasteiger partial charge in [-0.1, -0.05) is 18.2 Å². The Bertz CT molecular complexity index is 896. The van der Waals surface area contributed by atoms with Gasteiger partial charge in [-0.25, -0.2) is 12.8 Å². The van der Waals surface area contributed by atoms with Gasteiger partial charge in [0.15, 0.2) is 0 Å². The van der Waals surface area contributed by atoms with E-state index in [0.717, 1.165) is 18.9 Å². The molecule has 0 radical (unpaired) electrons. The van der Waals surface area contributed by atoms with Crippen molar-refractivity contribution in [2.45, 2.75) is 23.8 Å². The second-order valence-electron chi connectivity index (χ2n) is 5.96. The first-order chi connectivity index (χ1) is 12.5. The summed E-state index contributed by atoms with van der Waals surface area (Å²) in [6.07, 6.45) is 1.85. The van der Waals surface area contributed by atoms with Crippen LogP contribution in [0.4, 0.5) is 10.1 Å². The van der Waals surface area contributed by atoms with Crippen molar-refractivity contribution in [2.24, 2.45) is 0 Å². The average molecular weight is 378 g/mol. The smallest absolute Gasteiger partial charge is 0.262 e. The van der Waals surface area contributed by atoms with E-state index in [1.165, 1.54) is 42.5 Å². The van der Waals surface area contributed by atoms with E-state index in [4.69, 9.17) is 4.74 Å². The summed E-state index contributed by atoms with van der Waals surface area (Å²) in [6, 6.07) is 11.1. The van der Waals surface area contributed by atoms with Gasteiger partial charge in [0.25, 0.3) is 15.9 Å². The van der Waals surface area contributed by atoms with Gasteiger partial charge in [0.1, 0.15) is 5.82 Å². The minimum absolute atomic E-state index is 0.00594. The Morgan fingerprint density at radius 2 is 2.00 bits per heavy atom. The first-order valence-corrected chi connectivity index (χ1v) is 9.71. The molecule has 1 aliphatic rings. The van der Waals surface area contributed by atoms with Crippen molar-refractivity contribution < 1.29 is 22.3 Å². The third-order valence-electron chi connectivity index (χ3n) is 4.04. The Morgan fingerprint density at radius 1 is 1.19 bits per heavy atom. The number of rotatable bonds is 6. The summed E-state index contributed by atoms with van der Waals surface area (Å²) in [6.45, 7) is 1.07. The molecule has 0 spiro atoms. The normalized spacial score (nSPS) is 17.0. The number of carbonyl (C=O) groups is 1. The number of benzene rings is 2. The van der Waals surface area contributed by atoms with Crippen molar-refractivity contribution in [2.75, 3.05) is 17.9 Å². The van der Waals surface area contributed by atoms with Crippen LogP contribution in [0.2, 0.25) is 0 Å². The fourth-order valence-electron chi connectivity index (χ4n) is 2.67. The van der Waals surface area contributed by atoms with E-state index >= 15 is 0 Å².